The van der Waals surface area contributed by atoms with E-state index < -0.39 is 0 Å². The van der Waals surface area contributed by atoms with Gasteiger partial charge in [0.25, 0.3) is 5.91 Å². The third-order valence-electron chi connectivity index (χ3n) is 3.90. The fraction of sp³-hybridized carbons (Fsp3) is 0.375. The summed E-state index contributed by atoms with van der Waals surface area (Å²) in [6, 6.07) is 7.04. The van der Waals surface area contributed by atoms with E-state index >= 15 is 0 Å². The van der Waals surface area contributed by atoms with E-state index in [1.807, 2.05) is 6.07 Å². The first kappa shape index (κ1) is 14.4. The minimum absolute atomic E-state index is 0.266. The Morgan fingerprint density at radius 2 is 2.05 bits per heavy atom. The number of anilines is 2. The van der Waals surface area contributed by atoms with Gasteiger partial charge in [0.15, 0.2) is 0 Å². The number of rotatable bonds is 3. The molecule has 3 rings (SSSR count). The lowest BCUT2D eigenvalue weighted by molar-refractivity contribution is 0.102. The standard InChI is InChI=1S/C16H19N5O/c1-12-5-8-21(9-6-12)15-10-14(18-11-19-15)20-16(22)13-4-2-3-7-17-13/h2-4,7,10-12H,5-6,8-9H2,1H3,(H,18,19,20,22). The van der Waals surface area contributed by atoms with Crippen LogP contribution in [0.4, 0.5) is 11.6 Å². The summed E-state index contributed by atoms with van der Waals surface area (Å²) in [6.45, 7) is 4.26. The van der Waals surface area contributed by atoms with Gasteiger partial charge in [-0.15, -0.1) is 0 Å². The molecule has 0 aliphatic carbocycles. The quantitative estimate of drug-likeness (QED) is 0.941. The molecule has 1 N–H and O–H groups in total. The first-order valence-corrected chi connectivity index (χ1v) is 7.52. The van der Waals surface area contributed by atoms with Crippen molar-refractivity contribution < 1.29 is 4.79 Å². The van der Waals surface area contributed by atoms with Crippen LogP contribution in [0.2, 0.25) is 0 Å². The molecule has 0 unspecified atom stereocenters. The molecule has 114 valence electrons. The number of amides is 1. The molecule has 1 amide bonds. The maximum Gasteiger partial charge on any atom is 0.275 e. The van der Waals surface area contributed by atoms with Gasteiger partial charge in [-0.3, -0.25) is 9.78 Å². The Balaban J connectivity index is 1.70. The van der Waals surface area contributed by atoms with Crippen LogP contribution in [0, 0.1) is 5.92 Å². The van der Waals surface area contributed by atoms with Crippen LogP contribution in [0.5, 0.6) is 0 Å². The maximum atomic E-state index is 12.1. The fourth-order valence-electron chi connectivity index (χ4n) is 2.50. The van der Waals surface area contributed by atoms with E-state index in [9.17, 15) is 4.79 Å². The first-order chi connectivity index (χ1) is 10.7. The number of aromatic nitrogens is 3. The van der Waals surface area contributed by atoms with Gasteiger partial charge in [0.1, 0.15) is 23.7 Å². The number of hydrogen-bond acceptors (Lipinski definition) is 5. The Bertz CT molecular complexity index is 638. The SMILES string of the molecule is CC1CCN(c2cc(NC(=O)c3ccccn3)ncn2)CC1. The van der Waals surface area contributed by atoms with E-state index in [0.29, 0.717) is 11.5 Å². The zero-order valence-corrected chi connectivity index (χ0v) is 12.6. The number of pyridine rings is 1. The Morgan fingerprint density at radius 3 is 2.77 bits per heavy atom. The summed E-state index contributed by atoms with van der Waals surface area (Å²) in [7, 11) is 0. The molecule has 6 heteroatoms. The van der Waals surface area contributed by atoms with Crippen LogP contribution in [-0.4, -0.2) is 33.9 Å². The lowest BCUT2D eigenvalue weighted by Crippen LogP contribution is -2.33. The summed E-state index contributed by atoms with van der Waals surface area (Å²) in [6.07, 6.45) is 5.41. The highest BCUT2D eigenvalue weighted by Crippen LogP contribution is 2.22. The van der Waals surface area contributed by atoms with Gasteiger partial charge in [0.05, 0.1) is 0 Å². The lowest BCUT2D eigenvalue weighted by Gasteiger charge is -2.31. The molecule has 0 saturated carbocycles. The van der Waals surface area contributed by atoms with E-state index in [0.717, 1.165) is 24.8 Å². The van der Waals surface area contributed by atoms with E-state index in [2.05, 4.69) is 32.1 Å². The number of piperidine rings is 1. The van der Waals surface area contributed by atoms with Gasteiger partial charge in [-0.1, -0.05) is 13.0 Å². The van der Waals surface area contributed by atoms with Crippen molar-refractivity contribution in [2.45, 2.75) is 19.8 Å². The van der Waals surface area contributed by atoms with Crippen molar-refractivity contribution in [1.82, 2.24) is 15.0 Å². The third kappa shape index (κ3) is 3.39. The fourth-order valence-corrected chi connectivity index (χ4v) is 2.50. The molecule has 0 bridgehead atoms. The van der Waals surface area contributed by atoms with Crippen molar-refractivity contribution in [3.63, 3.8) is 0 Å². The topological polar surface area (TPSA) is 71.0 Å². The average molecular weight is 297 g/mol. The van der Waals surface area contributed by atoms with Crippen LogP contribution in [0.15, 0.2) is 36.8 Å². The van der Waals surface area contributed by atoms with Crippen molar-refractivity contribution in [2.24, 2.45) is 5.92 Å². The minimum atomic E-state index is -0.266. The molecule has 1 aliphatic heterocycles. The van der Waals surface area contributed by atoms with Gasteiger partial charge >= 0.3 is 0 Å². The summed E-state index contributed by atoms with van der Waals surface area (Å²) in [4.78, 5) is 26.8. The second-order valence-electron chi connectivity index (χ2n) is 5.60. The van der Waals surface area contributed by atoms with Gasteiger partial charge in [0, 0.05) is 25.4 Å². The summed E-state index contributed by atoms with van der Waals surface area (Å²) in [5.41, 5.74) is 0.370. The summed E-state index contributed by atoms with van der Waals surface area (Å²) in [5, 5.41) is 2.77. The molecule has 22 heavy (non-hydrogen) atoms. The molecule has 2 aromatic rings. The smallest absolute Gasteiger partial charge is 0.275 e. The molecular formula is C16H19N5O. The van der Waals surface area contributed by atoms with Gasteiger partial charge in [-0.05, 0) is 30.9 Å². The average Bonchev–Trinajstić information content (AvgIpc) is 2.56. The molecule has 1 aliphatic rings. The van der Waals surface area contributed by atoms with Gasteiger partial charge < -0.3 is 10.2 Å². The molecule has 1 saturated heterocycles. The van der Waals surface area contributed by atoms with Crippen molar-refractivity contribution in [2.75, 3.05) is 23.3 Å². The van der Waals surface area contributed by atoms with Crippen LogP contribution in [0.3, 0.4) is 0 Å². The normalized spacial score (nSPS) is 15.6. The van der Waals surface area contributed by atoms with Gasteiger partial charge in [-0.25, -0.2) is 9.97 Å². The third-order valence-corrected chi connectivity index (χ3v) is 3.90. The predicted molar refractivity (Wildman–Crippen MR) is 84.8 cm³/mol. The zero-order chi connectivity index (χ0) is 15.4. The molecule has 6 nitrogen and oxygen atoms in total. The van der Waals surface area contributed by atoms with Crippen molar-refractivity contribution in [3.8, 4) is 0 Å². The number of carbonyl (C=O) groups is 1. The number of hydrogen-bond donors (Lipinski definition) is 1. The molecular weight excluding hydrogens is 278 g/mol. The highest BCUT2D eigenvalue weighted by molar-refractivity contribution is 6.02. The van der Waals surface area contributed by atoms with Gasteiger partial charge in [0.2, 0.25) is 0 Å². The number of nitrogens with one attached hydrogen (secondary N) is 1. The van der Waals surface area contributed by atoms with E-state index in [1.54, 1.807) is 24.4 Å². The molecule has 1 fully saturated rings. The number of carbonyl (C=O) groups excluding carboxylic acids is 1. The summed E-state index contributed by atoms with van der Waals surface area (Å²) in [5.74, 6) is 1.86. The summed E-state index contributed by atoms with van der Waals surface area (Å²) >= 11 is 0. The largest absolute Gasteiger partial charge is 0.356 e. The maximum absolute atomic E-state index is 12.1. The molecule has 2 aromatic heterocycles. The Kier molecular flexibility index (Phi) is 4.27. The van der Waals surface area contributed by atoms with Crippen LogP contribution in [0.25, 0.3) is 0 Å². The van der Waals surface area contributed by atoms with Crippen molar-refractivity contribution >= 4 is 17.5 Å². The Hall–Kier alpha value is -2.50. The minimum Gasteiger partial charge on any atom is -0.356 e. The van der Waals surface area contributed by atoms with E-state index in [-0.39, 0.29) is 5.91 Å². The van der Waals surface area contributed by atoms with Crippen molar-refractivity contribution in [1.29, 1.82) is 0 Å². The molecule has 0 aromatic carbocycles. The predicted octanol–water partition coefficient (Wildman–Crippen LogP) is 2.36. The Labute approximate surface area is 129 Å². The number of nitrogens with zero attached hydrogens (tertiary/aromatic N) is 4. The zero-order valence-electron chi connectivity index (χ0n) is 12.6. The molecule has 3 heterocycles. The van der Waals surface area contributed by atoms with Crippen LogP contribution in [0.1, 0.15) is 30.3 Å². The Morgan fingerprint density at radius 1 is 1.23 bits per heavy atom. The summed E-state index contributed by atoms with van der Waals surface area (Å²) < 4.78 is 0. The molecule has 0 atom stereocenters. The molecule has 0 radical (unpaired) electrons. The highest BCUT2D eigenvalue weighted by atomic mass is 16.1. The van der Waals surface area contributed by atoms with E-state index in [4.69, 9.17) is 0 Å². The second kappa shape index (κ2) is 6.51. The highest BCUT2D eigenvalue weighted by Gasteiger charge is 2.17. The van der Waals surface area contributed by atoms with Gasteiger partial charge in [-0.2, -0.15) is 0 Å². The first-order valence-electron chi connectivity index (χ1n) is 7.52. The lowest BCUT2D eigenvalue weighted by atomic mass is 9.99. The van der Waals surface area contributed by atoms with Crippen LogP contribution in [-0.2, 0) is 0 Å². The monoisotopic (exact) mass is 297 g/mol. The van der Waals surface area contributed by atoms with Crippen LogP contribution < -0.4 is 10.2 Å². The van der Waals surface area contributed by atoms with Crippen molar-refractivity contribution in [3.05, 3.63) is 42.5 Å². The molecule has 0 spiro atoms. The second-order valence-corrected chi connectivity index (χ2v) is 5.60. The van der Waals surface area contributed by atoms with Crippen LogP contribution >= 0.6 is 0 Å². The van der Waals surface area contributed by atoms with E-state index in [1.165, 1.54) is 19.2 Å².